The van der Waals surface area contributed by atoms with Gasteiger partial charge in [0.15, 0.2) is 5.60 Å². The number of rotatable bonds is 8. The molecule has 0 spiro atoms. The molecule has 3 fully saturated rings. The van der Waals surface area contributed by atoms with Crippen molar-refractivity contribution in [1.82, 2.24) is 9.21 Å². The highest BCUT2D eigenvalue weighted by atomic mass is 32.2. The number of alkyl halides is 3. The quantitative estimate of drug-likeness (QED) is 0.550. The monoisotopic (exact) mass is 545 g/mol. The number of anilines is 1. The van der Waals surface area contributed by atoms with Crippen LogP contribution in [0.5, 0.6) is 0 Å². The maximum atomic E-state index is 13.3. The average Bonchev–Trinajstić information content (AvgIpc) is 3.62. The maximum Gasteiger partial charge on any atom is 0.273 e. The van der Waals surface area contributed by atoms with Crippen LogP contribution in [0.1, 0.15) is 12.0 Å². The second kappa shape index (κ2) is 10.2. The molecule has 1 aromatic carbocycles. The molecule has 0 radical (unpaired) electrons. The summed E-state index contributed by atoms with van der Waals surface area (Å²) < 4.78 is 74.0. The normalized spacial score (nSPS) is 27.5. The lowest BCUT2D eigenvalue weighted by Gasteiger charge is -2.43. The SMILES string of the molecule is O=S(=O)(c1cccs1)N1CCN(c2ccc(C(O)(CF)C(F)F)cc2)[C@@H](CN2C[C@@H]3CCO[C@@H]3C2)C1. The molecule has 2 aromatic rings. The first-order valence-electron chi connectivity index (χ1n) is 12.0. The summed E-state index contributed by atoms with van der Waals surface area (Å²) in [6, 6.07) is 8.96. The van der Waals surface area contributed by atoms with E-state index >= 15 is 0 Å². The van der Waals surface area contributed by atoms with Gasteiger partial charge in [-0.05, 0) is 35.6 Å². The van der Waals surface area contributed by atoms with Gasteiger partial charge in [-0.1, -0.05) is 18.2 Å². The summed E-state index contributed by atoms with van der Waals surface area (Å²) in [5, 5.41) is 11.8. The van der Waals surface area contributed by atoms with Crippen LogP contribution in [0.15, 0.2) is 46.0 Å². The summed E-state index contributed by atoms with van der Waals surface area (Å²) in [6.45, 7) is 2.46. The molecule has 1 aromatic heterocycles. The largest absolute Gasteiger partial charge is 0.377 e. The predicted octanol–water partition coefficient (Wildman–Crippen LogP) is 2.77. The Morgan fingerprint density at radius 3 is 2.56 bits per heavy atom. The van der Waals surface area contributed by atoms with Gasteiger partial charge in [-0.15, -0.1) is 11.3 Å². The van der Waals surface area contributed by atoms with E-state index in [1.807, 2.05) is 0 Å². The van der Waals surface area contributed by atoms with Gasteiger partial charge in [0.2, 0.25) is 0 Å². The topological polar surface area (TPSA) is 73.3 Å². The van der Waals surface area contributed by atoms with Crippen LogP contribution in [-0.2, 0) is 20.4 Å². The highest BCUT2D eigenvalue weighted by Crippen LogP contribution is 2.34. The van der Waals surface area contributed by atoms with Crippen molar-refractivity contribution in [3.8, 4) is 0 Å². The van der Waals surface area contributed by atoms with Gasteiger partial charge in [0.25, 0.3) is 16.4 Å². The van der Waals surface area contributed by atoms with Gasteiger partial charge in [-0.3, -0.25) is 4.90 Å². The third-order valence-corrected chi connectivity index (χ3v) is 10.8. The van der Waals surface area contributed by atoms with Gasteiger partial charge in [0.05, 0.1) is 12.1 Å². The van der Waals surface area contributed by atoms with Crippen LogP contribution < -0.4 is 4.90 Å². The molecular weight excluding hydrogens is 515 g/mol. The Hall–Kier alpha value is -1.70. The molecule has 4 heterocycles. The molecule has 5 rings (SSSR count). The molecule has 36 heavy (non-hydrogen) atoms. The first kappa shape index (κ1) is 25.9. The van der Waals surface area contributed by atoms with Crippen LogP contribution in [0.3, 0.4) is 0 Å². The summed E-state index contributed by atoms with van der Waals surface area (Å²) in [6.07, 6.45) is -2.03. The molecule has 0 bridgehead atoms. The van der Waals surface area contributed by atoms with Crippen molar-refractivity contribution in [3.05, 3.63) is 47.3 Å². The van der Waals surface area contributed by atoms with Gasteiger partial charge in [0, 0.05) is 57.5 Å². The molecule has 7 nitrogen and oxygen atoms in total. The summed E-state index contributed by atoms with van der Waals surface area (Å²) in [5.74, 6) is 0.486. The Balaban J connectivity index is 1.38. The molecule has 4 atom stereocenters. The van der Waals surface area contributed by atoms with E-state index in [9.17, 15) is 26.7 Å². The first-order chi connectivity index (χ1) is 17.2. The van der Waals surface area contributed by atoms with Crippen LogP contribution in [0.2, 0.25) is 0 Å². The first-order valence-corrected chi connectivity index (χ1v) is 14.4. The van der Waals surface area contributed by atoms with Crippen molar-refractivity contribution in [2.45, 2.75) is 34.8 Å². The van der Waals surface area contributed by atoms with E-state index in [1.54, 1.807) is 29.6 Å². The molecule has 3 aliphatic rings. The van der Waals surface area contributed by atoms with Crippen LogP contribution in [0.4, 0.5) is 18.9 Å². The van der Waals surface area contributed by atoms with Crippen molar-refractivity contribution in [1.29, 1.82) is 0 Å². The Labute approximate surface area is 213 Å². The predicted molar refractivity (Wildman–Crippen MR) is 131 cm³/mol. The van der Waals surface area contributed by atoms with Crippen molar-refractivity contribution < 1.29 is 31.4 Å². The van der Waals surface area contributed by atoms with Crippen LogP contribution in [0.25, 0.3) is 0 Å². The second-order valence-corrected chi connectivity index (χ2v) is 12.8. The summed E-state index contributed by atoms with van der Waals surface area (Å²) >= 11 is 1.19. The van der Waals surface area contributed by atoms with Crippen molar-refractivity contribution in [2.75, 3.05) is 57.4 Å². The molecule has 3 saturated heterocycles. The van der Waals surface area contributed by atoms with Crippen LogP contribution in [0, 0.1) is 5.92 Å². The number of nitrogens with zero attached hydrogens (tertiary/aromatic N) is 3. The van der Waals surface area contributed by atoms with Gasteiger partial charge >= 0.3 is 0 Å². The fraction of sp³-hybridized carbons (Fsp3) is 0.583. The lowest BCUT2D eigenvalue weighted by molar-refractivity contribution is -0.114. The zero-order valence-electron chi connectivity index (χ0n) is 19.7. The number of likely N-dealkylation sites (tertiary alicyclic amines) is 1. The molecule has 1 unspecified atom stereocenters. The number of halogens is 3. The molecule has 3 aliphatic heterocycles. The number of thiophene rings is 1. The van der Waals surface area contributed by atoms with Gasteiger partial charge in [-0.2, -0.15) is 4.31 Å². The number of hydrogen-bond acceptors (Lipinski definition) is 7. The fourth-order valence-electron chi connectivity index (χ4n) is 5.49. The van der Waals surface area contributed by atoms with E-state index in [-0.39, 0.29) is 30.8 Å². The van der Waals surface area contributed by atoms with Gasteiger partial charge in [0.1, 0.15) is 10.9 Å². The molecule has 1 N–H and O–H groups in total. The third kappa shape index (κ3) is 4.79. The zero-order valence-corrected chi connectivity index (χ0v) is 21.3. The number of aliphatic hydroxyl groups is 1. The molecule has 12 heteroatoms. The Kier molecular flexibility index (Phi) is 7.36. The number of hydrogen-bond donors (Lipinski definition) is 1. The molecule has 0 amide bonds. The number of fused-ring (bicyclic) bond motifs is 1. The smallest absolute Gasteiger partial charge is 0.273 e. The van der Waals surface area contributed by atoms with Gasteiger partial charge in [-0.25, -0.2) is 21.6 Å². The zero-order chi connectivity index (χ0) is 25.5. The Bertz CT molecular complexity index is 1120. The van der Waals surface area contributed by atoms with E-state index < -0.39 is 28.7 Å². The third-order valence-electron chi connectivity index (χ3n) is 7.54. The van der Waals surface area contributed by atoms with Gasteiger partial charge < -0.3 is 14.7 Å². The van der Waals surface area contributed by atoms with Crippen molar-refractivity contribution >= 4 is 27.0 Å². The van der Waals surface area contributed by atoms with E-state index in [4.69, 9.17) is 4.74 Å². The molecular formula is C24H30F3N3O4S2. The molecule has 0 saturated carbocycles. The van der Waals surface area contributed by atoms with E-state index in [2.05, 4.69) is 9.80 Å². The highest BCUT2D eigenvalue weighted by molar-refractivity contribution is 7.91. The Morgan fingerprint density at radius 2 is 1.92 bits per heavy atom. The lowest BCUT2D eigenvalue weighted by atomic mass is 9.95. The van der Waals surface area contributed by atoms with E-state index in [0.717, 1.165) is 26.1 Å². The van der Waals surface area contributed by atoms with E-state index in [0.29, 0.717) is 28.9 Å². The summed E-state index contributed by atoms with van der Waals surface area (Å²) in [5.41, 5.74) is -2.33. The number of benzene rings is 1. The van der Waals surface area contributed by atoms with Crippen molar-refractivity contribution in [2.24, 2.45) is 5.92 Å². The fourth-order valence-corrected chi connectivity index (χ4v) is 8.11. The average molecular weight is 546 g/mol. The summed E-state index contributed by atoms with van der Waals surface area (Å²) in [4.78, 5) is 4.39. The Morgan fingerprint density at radius 1 is 1.14 bits per heavy atom. The number of piperazine rings is 1. The minimum Gasteiger partial charge on any atom is -0.377 e. The second-order valence-electron chi connectivity index (χ2n) is 9.72. The standard InChI is InChI=1S/C24H30F3N3O4S2/c25-16-24(31,23(26)27)18-3-5-19(6-4-18)30-9-8-29(36(32,33)22-2-1-11-35-22)14-20(30)13-28-12-17-7-10-34-21(17)15-28/h1-6,11,17,20-21,23,31H,7-10,12-16H2/t17-,20-,21+,24?/m0/s1. The number of sulfonamides is 1. The van der Waals surface area contributed by atoms with Crippen LogP contribution >= 0.6 is 11.3 Å². The van der Waals surface area contributed by atoms with Crippen molar-refractivity contribution in [3.63, 3.8) is 0 Å². The van der Waals surface area contributed by atoms with Crippen LogP contribution in [-0.4, -0.2) is 93.9 Å². The highest BCUT2D eigenvalue weighted by Gasteiger charge is 2.42. The number of ether oxygens (including phenoxy) is 1. The molecule has 0 aliphatic carbocycles. The maximum absolute atomic E-state index is 13.3. The lowest BCUT2D eigenvalue weighted by Crippen LogP contribution is -2.58. The minimum atomic E-state index is -3.62. The van der Waals surface area contributed by atoms with E-state index in [1.165, 1.54) is 27.8 Å². The molecule has 198 valence electrons. The minimum absolute atomic E-state index is 0.187. The summed E-state index contributed by atoms with van der Waals surface area (Å²) in [7, 11) is -3.62.